The van der Waals surface area contributed by atoms with Gasteiger partial charge in [0.25, 0.3) is 5.91 Å². The Balaban J connectivity index is 1.42. The molecule has 1 aliphatic rings. The maximum absolute atomic E-state index is 12.9. The summed E-state index contributed by atoms with van der Waals surface area (Å²) in [6.07, 6.45) is 1.82. The van der Waals surface area contributed by atoms with E-state index in [9.17, 15) is 9.59 Å². The highest BCUT2D eigenvalue weighted by Gasteiger charge is 2.27. The van der Waals surface area contributed by atoms with Crippen LogP contribution in [0.15, 0.2) is 72.8 Å². The van der Waals surface area contributed by atoms with Crippen LogP contribution in [0, 0.1) is 0 Å². The zero-order chi connectivity index (χ0) is 23.4. The van der Waals surface area contributed by atoms with Crippen molar-refractivity contribution in [1.29, 1.82) is 0 Å². The number of hydrogen-bond donors (Lipinski definition) is 1. The monoisotopic (exact) mass is 441 g/mol. The Kier molecular flexibility index (Phi) is 6.78. The number of likely N-dealkylation sites (N-methyl/N-ethyl adjacent to an activating group) is 1. The molecule has 2 amide bonds. The summed E-state index contributed by atoms with van der Waals surface area (Å²) in [5.74, 6) is -0.00989. The quantitative estimate of drug-likeness (QED) is 0.570. The minimum Gasteiger partial charge on any atom is -0.369 e. The van der Waals surface area contributed by atoms with Crippen LogP contribution in [-0.2, 0) is 11.2 Å². The van der Waals surface area contributed by atoms with E-state index in [1.165, 1.54) is 5.56 Å². The first-order valence-electron chi connectivity index (χ1n) is 11.5. The van der Waals surface area contributed by atoms with E-state index in [1.54, 1.807) is 6.92 Å². The largest absolute Gasteiger partial charge is 0.369 e. The van der Waals surface area contributed by atoms with E-state index in [0.717, 1.165) is 48.4 Å². The average molecular weight is 442 g/mol. The fraction of sp³-hybridized carbons (Fsp3) is 0.286. The lowest BCUT2D eigenvalue weighted by atomic mass is 9.96. The van der Waals surface area contributed by atoms with Gasteiger partial charge in [-0.25, -0.2) is 0 Å². The van der Waals surface area contributed by atoms with Crippen molar-refractivity contribution in [3.63, 3.8) is 0 Å². The van der Waals surface area contributed by atoms with Gasteiger partial charge >= 0.3 is 0 Å². The maximum atomic E-state index is 12.9. The second-order valence-electron chi connectivity index (χ2n) is 8.61. The summed E-state index contributed by atoms with van der Waals surface area (Å²) in [6, 6.07) is 24.4. The van der Waals surface area contributed by atoms with Gasteiger partial charge in [0.15, 0.2) is 0 Å². The van der Waals surface area contributed by atoms with E-state index < -0.39 is 0 Å². The van der Waals surface area contributed by atoms with Gasteiger partial charge in [0.05, 0.1) is 6.04 Å². The molecule has 1 saturated heterocycles. The van der Waals surface area contributed by atoms with Crippen LogP contribution >= 0.6 is 0 Å². The Bertz CT molecular complexity index is 1130. The van der Waals surface area contributed by atoms with Crippen LogP contribution < -0.4 is 10.2 Å². The predicted molar refractivity (Wildman–Crippen MR) is 135 cm³/mol. The number of nitrogens with one attached hydrogen (secondary N) is 1. The van der Waals surface area contributed by atoms with Gasteiger partial charge in [0.2, 0.25) is 5.91 Å². The topological polar surface area (TPSA) is 52.7 Å². The van der Waals surface area contributed by atoms with Gasteiger partial charge < -0.3 is 15.1 Å². The van der Waals surface area contributed by atoms with Crippen molar-refractivity contribution in [1.82, 2.24) is 4.90 Å². The smallest absolute Gasteiger partial charge is 0.255 e. The third-order valence-electron chi connectivity index (χ3n) is 6.53. The number of rotatable bonds is 6. The first-order valence-corrected chi connectivity index (χ1v) is 11.5. The van der Waals surface area contributed by atoms with Crippen LogP contribution in [0.5, 0.6) is 0 Å². The lowest BCUT2D eigenvalue weighted by Crippen LogP contribution is -2.37. The molecule has 170 valence electrons. The van der Waals surface area contributed by atoms with Gasteiger partial charge in [-0.15, -0.1) is 0 Å². The van der Waals surface area contributed by atoms with Gasteiger partial charge in [0, 0.05) is 44.0 Å². The van der Waals surface area contributed by atoms with Crippen LogP contribution in [0.2, 0.25) is 0 Å². The van der Waals surface area contributed by atoms with E-state index in [1.807, 2.05) is 72.6 Å². The summed E-state index contributed by atoms with van der Waals surface area (Å²) in [6.45, 7) is 5.47. The highest BCUT2D eigenvalue weighted by Crippen LogP contribution is 2.27. The van der Waals surface area contributed by atoms with Crippen molar-refractivity contribution in [2.75, 3.05) is 30.4 Å². The standard InChI is InChI=1S/C28H31N3O2/c1-4-21-18-23(10-15-27(21)22-8-6-5-7-9-22)28(33)29-24-11-13-25(14-12-24)31-17-16-26(19-31)30(3)20(2)32/h5-15,18,26H,4,16-17,19H2,1-3H3,(H,29,33). The highest BCUT2D eigenvalue weighted by atomic mass is 16.2. The fourth-order valence-corrected chi connectivity index (χ4v) is 4.44. The Morgan fingerprint density at radius 2 is 1.76 bits per heavy atom. The lowest BCUT2D eigenvalue weighted by molar-refractivity contribution is -0.129. The van der Waals surface area contributed by atoms with E-state index >= 15 is 0 Å². The van der Waals surface area contributed by atoms with E-state index in [2.05, 4.69) is 29.3 Å². The number of amides is 2. The molecule has 0 radical (unpaired) electrons. The van der Waals surface area contributed by atoms with Crippen molar-refractivity contribution < 1.29 is 9.59 Å². The molecular formula is C28H31N3O2. The van der Waals surface area contributed by atoms with Crippen LogP contribution in [0.1, 0.15) is 36.2 Å². The summed E-state index contributed by atoms with van der Waals surface area (Å²) in [5.41, 5.74) is 6.01. The van der Waals surface area contributed by atoms with Gasteiger partial charge in [-0.1, -0.05) is 43.3 Å². The molecule has 4 rings (SSSR count). The number of benzene rings is 3. The van der Waals surface area contributed by atoms with E-state index in [0.29, 0.717) is 5.56 Å². The minimum absolute atomic E-state index is 0.0999. The second kappa shape index (κ2) is 9.90. The molecule has 0 bridgehead atoms. The molecule has 1 unspecified atom stereocenters. The first kappa shape index (κ1) is 22.6. The van der Waals surface area contributed by atoms with Crippen molar-refractivity contribution >= 4 is 23.2 Å². The van der Waals surface area contributed by atoms with Crippen molar-refractivity contribution in [3.05, 3.63) is 83.9 Å². The Morgan fingerprint density at radius 3 is 2.42 bits per heavy atom. The van der Waals surface area contributed by atoms with Gasteiger partial charge in [-0.05, 0) is 65.9 Å². The molecule has 5 heteroatoms. The molecule has 0 aromatic heterocycles. The number of carbonyl (C=O) groups is 2. The number of anilines is 2. The molecule has 1 aliphatic heterocycles. The average Bonchev–Trinajstić information content (AvgIpc) is 3.34. The summed E-state index contributed by atoms with van der Waals surface area (Å²) in [4.78, 5) is 28.6. The summed E-state index contributed by atoms with van der Waals surface area (Å²) in [5, 5.41) is 3.02. The molecule has 3 aromatic carbocycles. The van der Waals surface area contributed by atoms with Gasteiger partial charge in [0.1, 0.15) is 0 Å². The van der Waals surface area contributed by atoms with Crippen molar-refractivity contribution in [2.24, 2.45) is 0 Å². The van der Waals surface area contributed by atoms with E-state index in [4.69, 9.17) is 0 Å². The molecule has 1 atom stereocenters. The second-order valence-corrected chi connectivity index (χ2v) is 8.61. The number of aryl methyl sites for hydroxylation is 1. The van der Waals surface area contributed by atoms with Crippen molar-refractivity contribution in [2.45, 2.75) is 32.7 Å². The number of hydrogen-bond acceptors (Lipinski definition) is 3. The van der Waals surface area contributed by atoms with Crippen LogP contribution in [0.3, 0.4) is 0 Å². The lowest BCUT2D eigenvalue weighted by Gasteiger charge is -2.24. The minimum atomic E-state index is -0.110. The molecule has 1 heterocycles. The molecule has 5 nitrogen and oxygen atoms in total. The molecule has 1 fully saturated rings. The maximum Gasteiger partial charge on any atom is 0.255 e. The van der Waals surface area contributed by atoms with Crippen LogP contribution in [0.4, 0.5) is 11.4 Å². The number of nitrogens with zero attached hydrogens (tertiary/aromatic N) is 2. The van der Waals surface area contributed by atoms with Crippen LogP contribution in [-0.4, -0.2) is 42.9 Å². The number of carbonyl (C=O) groups excluding carboxylic acids is 2. The molecule has 0 saturated carbocycles. The zero-order valence-electron chi connectivity index (χ0n) is 19.5. The Hall–Kier alpha value is -3.60. The van der Waals surface area contributed by atoms with Gasteiger partial charge in [-0.3, -0.25) is 9.59 Å². The third kappa shape index (κ3) is 5.08. The van der Waals surface area contributed by atoms with E-state index in [-0.39, 0.29) is 17.9 Å². The molecule has 0 aliphatic carbocycles. The normalized spacial score (nSPS) is 15.4. The highest BCUT2D eigenvalue weighted by molar-refractivity contribution is 6.04. The predicted octanol–water partition coefficient (Wildman–Crippen LogP) is 5.23. The molecule has 33 heavy (non-hydrogen) atoms. The van der Waals surface area contributed by atoms with Crippen LogP contribution in [0.25, 0.3) is 11.1 Å². The van der Waals surface area contributed by atoms with Crippen molar-refractivity contribution in [3.8, 4) is 11.1 Å². The summed E-state index contributed by atoms with van der Waals surface area (Å²) >= 11 is 0. The third-order valence-corrected chi connectivity index (χ3v) is 6.53. The first-order chi connectivity index (χ1) is 16.0. The summed E-state index contributed by atoms with van der Waals surface area (Å²) in [7, 11) is 1.87. The molecule has 1 N–H and O–H groups in total. The molecule has 3 aromatic rings. The molecular weight excluding hydrogens is 410 g/mol. The van der Waals surface area contributed by atoms with Gasteiger partial charge in [-0.2, -0.15) is 0 Å². The Morgan fingerprint density at radius 1 is 1.03 bits per heavy atom. The fourth-order valence-electron chi connectivity index (χ4n) is 4.44. The SMILES string of the molecule is CCc1cc(C(=O)Nc2ccc(N3CCC(N(C)C(C)=O)C3)cc2)ccc1-c1ccccc1. The summed E-state index contributed by atoms with van der Waals surface area (Å²) < 4.78 is 0. The molecule has 0 spiro atoms. The Labute approximate surface area is 196 Å². The zero-order valence-corrected chi connectivity index (χ0v) is 19.5.